The van der Waals surface area contributed by atoms with E-state index in [1.54, 1.807) is 4.74 Å². The van der Waals surface area contributed by atoms with Crippen molar-refractivity contribution in [2.24, 2.45) is 0 Å². The fourth-order valence-electron chi connectivity index (χ4n) is 0.479. The van der Waals surface area contributed by atoms with Crippen molar-refractivity contribution in [3.63, 3.8) is 0 Å². The van der Waals surface area contributed by atoms with Gasteiger partial charge in [0.2, 0.25) is 0 Å². The molecule has 0 heterocycles. The van der Waals surface area contributed by atoms with E-state index in [2.05, 4.69) is 0 Å². The minimum atomic E-state index is -7.11. The second kappa shape index (κ2) is 4.12. The molecule has 1 atom stereocenters. The normalized spacial score (nSPS) is 18.6. The van der Waals surface area contributed by atoms with Crippen LogP contribution in [0.4, 0.5) is 39.5 Å². The fourth-order valence-corrected chi connectivity index (χ4v) is 0.982. The first kappa shape index (κ1) is 17.2. The minimum Gasteiger partial charge on any atom is -0.281 e. The van der Waals surface area contributed by atoms with Crippen LogP contribution in [0.5, 0.6) is 0 Å². The molecule has 0 amide bonds. The van der Waals surface area contributed by atoms with Crippen molar-refractivity contribution in [1.29, 1.82) is 0 Å². The molecular weight excluding hydrogens is 315 g/mol. The van der Waals surface area contributed by atoms with Gasteiger partial charge in [0.25, 0.3) is 0 Å². The smallest absolute Gasteiger partial charge is 0.281 e. The summed E-state index contributed by atoms with van der Waals surface area (Å²) in [6.07, 6.45) is -20.5. The van der Waals surface area contributed by atoms with E-state index < -0.39 is 33.8 Å². The Kier molecular flexibility index (Phi) is 3.95. The third-order valence-electron chi connectivity index (χ3n) is 1.26. The second-order valence-electron chi connectivity index (χ2n) is 2.63. The van der Waals surface area contributed by atoms with Crippen LogP contribution >= 0.6 is 0 Å². The Morgan fingerprint density at radius 3 is 1.28 bits per heavy atom. The highest BCUT2D eigenvalue weighted by molar-refractivity contribution is 7.87. The molecular formula is C4HF9O4S. The molecule has 0 spiro atoms. The van der Waals surface area contributed by atoms with E-state index in [-0.39, 0.29) is 0 Å². The van der Waals surface area contributed by atoms with Crippen LogP contribution in [-0.2, 0) is 14.9 Å². The summed E-state index contributed by atoms with van der Waals surface area (Å²) in [5, 5.41) is -6.63. The molecule has 1 N–H and O–H groups in total. The third-order valence-corrected chi connectivity index (χ3v) is 2.24. The van der Waals surface area contributed by atoms with Gasteiger partial charge in [-0.3, -0.25) is 9.29 Å². The van der Waals surface area contributed by atoms with Crippen LogP contribution in [0.1, 0.15) is 0 Å². The maximum Gasteiger partial charge on any atom is 0.483 e. The van der Waals surface area contributed by atoms with Crippen LogP contribution in [0.3, 0.4) is 0 Å². The lowest BCUT2D eigenvalue weighted by Gasteiger charge is -2.29. The number of hydrogen-bond donors (Lipinski definition) is 1. The lowest BCUT2D eigenvalue weighted by atomic mass is 10.5. The van der Waals surface area contributed by atoms with E-state index in [4.69, 9.17) is 4.55 Å². The summed E-state index contributed by atoms with van der Waals surface area (Å²) in [5.74, 6) is 0. The molecule has 0 radical (unpaired) electrons. The molecule has 0 bridgehead atoms. The molecule has 0 aromatic heterocycles. The lowest BCUT2D eigenvalue weighted by molar-refractivity contribution is -0.450. The summed E-state index contributed by atoms with van der Waals surface area (Å²) < 4.78 is 136. The van der Waals surface area contributed by atoms with Crippen molar-refractivity contribution < 1.29 is 57.2 Å². The van der Waals surface area contributed by atoms with Crippen molar-refractivity contribution >= 4 is 10.1 Å². The van der Waals surface area contributed by atoms with Gasteiger partial charge in [-0.05, 0) is 0 Å². The molecule has 14 heteroatoms. The summed E-state index contributed by atoms with van der Waals surface area (Å²) in [7, 11) is -7.11. The van der Waals surface area contributed by atoms with Gasteiger partial charge in [0, 0.05) is 0 Å². The topological polar surface area (TPSA) is 63.6 Å². The Morgan fingerprint density at radius 2 is 1.11 bits per heavy atom. The molecule has 18 heavy (non-hydrogen) atoms. The molecule has 4 nitrogen and oxygen atoms in total. The minimum absolute atomic E-state index is 1.63. The highest BCUT2D eigenvalue weighted by Gasteiger charge is 2.75. The van der Waals surface area contributed by atoms with E-state index in [1.165, 1.54) is 0 Å². The zero-order valence-electron chi connectivity index (χ0n) is 7.48. The van der Waals surface area contributed by atoms with Gasteiger partial charge in [0.05, 0.1) is 0 Å². The Labute approximate surface area is 92.1 Å². The van der Waals surface area contributed by atoms with Gasteiger partial charge in [0.1, 0.15) is 0 Å². The van der Waals surface area contributed by atoms with Gasteiger partial charge in [-0.2, -0.15) is 47.9 Å². The predicted octanol–water partition coefficient (Wildman–Crippen LogP) is 2.23. The van der Waals surface area contributed by atoms with Crippen molar-refractivity contribution in [3.8, 4) is 0 Å². The molecule has 0 aliphatic heterocycles. The quantitative estimate of drug-likeness (QED) is 0.641. The number of ether oxygens (including phenoxy) is 1. The molecule has 0 aromatic rings. The van der Waals surface area contributed by atoms with Crippen molar-refractivity contribution in [3.05, 3.63) is 0 Å². The van der Waals surface area contributed by atoms with Crippen LogP contribution in [0.15, 0.2) is 0 Å². The van der Waals surface area contributed by atoms with E-state index in [0.717, 1.165) is 0 Å². The largest absolute Gasteiger partial charge is 0.483 e. The summed E-state index contributed by atoms with van der Waals surface area (Å²) in [6, 6.07) is 0. The van der Waals surface area contributed by atoms with Gasteiger partial charge >= 0.3 is 33.8 Å². The van der Waals surface area contributed by atoms with Gasteiger partial charge in [0.15, 0.2) is 0 Å². The SMILES string of the molecule is O=S(=O)(O)C(F)(OC(F)(F)C(F)(F)F)C(F)(F)F. The molecule has 0 aromatic carbocycles. The van der Waals surface area contributed by atoms with Crippen molar-refractivity contribution in [1.82, 2.24) is 0 Å². The summed E-state index contributed by atoms with van der Waals surface area (Å²) in [4.78, 5) is 0. The summed E-state index contributed by atoms with van der Waals surface area (Å²) >= 11 is 0. The van der Waals surface area contributed by atoms with Crippen molar-refractivity contribution in [2.75, 3.05) is 0 Å². The molecule has 0 aliphatic carbocycles. The lowest BCUT2D eigenvalue weighted by Crippen LogP contribution is -2.56. The van der Waals surface area contributed by atoms with Gasteiger partial charge < -0.3 is 0 Å². The second-order valence-corrected chi connectivity index (χ2v) is 4.10. The van der Waals surface area contributed by atoms with Crippen LogP contribution in [0.25, 0.3) is 0 Å². The Hall–Kier alpha value is -0.760. The molecule has 0 aliphatic rings. The number of rotatable bonds is 3. The van der Waals surface area contributed by atoms with Gasteiger partial charge in [-0.15, -0.1) is 0 Å². The molecule has 0 saturated carbocycles. The first-order valence-corrected chi connectivity index (χ1v) is 4.77. The van der Waals surface area contributed by atoms with E-state index in [1.807, 2.05) is 0 Å². The summed E-state index contributed by atoms with van der Waals surface area (Å²) in [6.45, 7) is 0. The Balaban J connectivity index is 5.74. The van der Waals surface area contributed by atoms with Gasteiger partial charge in [-0.1, -0.05) is 0 Å². The Morgan fingerprint density at radius 1 is 0.778 bits per heavy atom. The molecule has 1 unspecified atom stereocenters. The first-order valence-electron chi connectivity index (χ1n) is 3.33. The molecule has 0 saturated heterocycles. The van der Waals surface area contributed by atoms with Crippen LogP contribution in [0.2, 0.25) is 0 Å². The van der Waals surface area contributed by atoms with Crippen LogP contribution in [0, 0.1) is 0 Å². The van der Waals surface area contributed by atoms with Crippen LogP contribution in [-0.4, -0.2) is 36.6 Å². The zero-order chi connectivity index (χ0) is 15.2. The van der Waals surface area contributed by atoms with Gasteiger partial charge in [-0.25, -0.2) is 0 Å². The maximum absolute atomic E-state index is 12.7. The molecule has 0 rings (SSSR count). The standard InChI is InChI=1S/C4HF9O4S/c5-1(6,7)3(11,12)17-4(13,2(8,9)10)18(14,15)16/h(H,14,15,16). The summed E-state index contributed by atoms with van der Waals surface area (Å²) in [5.41, 5.74) is 0. The van der Waals surface area contributed by atoms with Crippen LogP contribution < -0.4 is 0 Å². The fraction of sp³-hybridized carbons (Fsp3) is 1.00. The average molecular weight is 316 g/mol. The van der Waals surface area contributed by atoms with E-state index >= 15 is 0 Å². The van der Waals surface area contributed by atoms with Crippen molar-refractivity contribution in [2.45, 2.75) is 23.6 Å². The number of halogens is 9. The molecule has 110 valence electrons. The van der Waals surface area contributed by atoms with E-state index in [9.17, 15) is 47.9 Å². The maximum atomic E-state index is 12.7. The Bertz CT molecular complexity index is 407. The highest BCUT2D eigenvalue weighted by atomic mass is 32.2. The third kappa shape index (κ3) is 2.97. The zero-order valence-corrected chi connectivity index (χ0v) is 8.30. The number of hydrogen-bond acceptors (Lipinski definition) is 3. The monoisotopic (exact) mass is 316 g/mol. The predicted molar refractivity (Wildman–Crippen MR) is 33.5 cm³/mol. The van der Waals surface area contributed by atoms with E-state index in [0.29, 0.717) is 0 Å². The first-order chi connectivity index (χ1) is 7.46. The highest BCUT2D eigenvalue weighted by Crippen LogP contribution is 2.47. The molecule has 0 fully saturated rings. The number of alkyl halides is 9. The average Bonchev–Trinajstić information content (AvgIpc) is 1.95.